The molecule has 0 spiro atoms. The second kappa shape index (κ2) is 8.53. The molecule has 0 saturated carbocycles. The number of rotatable bonds is 5. The van der Waals surface area contributed by atoms with E-state index < -0.39 is 5.97 Å². The van der Waals surface area contributed by atoms with Crippen LogP contribution in [0.15, 0.2) is 51.7 Å². The van der Waals surface area contributed by atoms with E-state index in [4.69, 9.17) is 16.7 Å². The van der Waals surface area contributed by atoms with Gasteiger partial charge in [-0.1, -0.05) is 23.4 Å². The molecule has 1 aromatic carbocycles. The molecule has 0 amide bonds. The van der Waals surface area contributed by atoms with Gasteiger partial charge in [0.2, 0.25) is 0 Å². The summed E-state index contributed by atoms with van der Waals surface area (Å²) in [4.78, 5) is 21.3. The van der Waals surface area contributed by atoms with Gasteiger partial charge in [-0.2, -0.15) is 0 Å². The van der Waals surface area contributed by atoms with Crippen molar-refractivity contribution < 1.29 is 9.90 Å². The van der Waals surface area contributed by atoms with E-state index in [2.05, 4.69) is 15.3 Å². The van der Waals surface area contributed by atoms with Crippen molar-refractivity contribution >= 4 is 64.0 Å². The number of carbonyl (C=O) groups is 1. The number of nitrogens with one attached hydrogen (secondary N) is 1. The summed E-state index contributed by atoms with van der Waals surface area (Å²) in [6, 6.07) is 8.34. The standard InChI is InChI=1S/C16H12ClN3O2S2.ClH/c1-9-8-23-16(19-9)20-14-7-11(4-5-18-14)24-13-6-10(15(21)22)2-3-12(13)17;/h2-8H,1H3,(H,21,22)(H,18,19,20);1H. The van der Waals surface area contributed by atoms with Crippen LogP contribution in [0.4, 0.5) is 10.9 Å². The van der Waals surface area contributed by atoms with Gasteiger partial charge in [-0.25, -0.2) is 14.8 Å². The van der Waals surface area contributed by atoms with Crippen LogP contribution in [-0.2, 0) is 0 Å². The molecule has 0 aliphatic rings. The molecular weight excluding hydrogens is 401 g/mol. The molecule has 0 atom stereocenters. The normalized spacial score (nSPS) is 10.2. The van der Waals surface area contributed by atoms with Gasteiger partial charge in [-0.3, -0.25) is 0 Å². The maximum atomic E-state index is 11.1. The highest BCUT2D eigenvalue weighted by Gasteiger charge is 2.10. The monoisotopic (exact) mass is 413 g/mol. The number of aromatic carboxylic acids is 1. The molecule has 25 heavy (non-hydrogen) atoms. The third kappa shape index (κ3) is 5.09. The third-order valence-electron chi connectivity index (χ3n) is 2.99. The molecule has 0 saturated heterocycles. The number of halogens is 2. The predicted octanol–water partition coefficient (Wildman–Crippen LogP) is 5.51. The van der Waals surface area contributed by atoms with E-state index in [-0.39, 0.29) is 18.0 Å². The van der Waals surface area contributed by atoms with Gasteiger partial charge in [-0.05, 0) is 37.3 Å². The second-order valence-electron chi connectivity index (χ2n) is 4.85. The quantitative estimate of drug-likeness (QED) is 0.573. The lowest BCUT2D eigenvalue weighted by molar-refractivity contribution is 0.0696. The maximum absolute atomic E-state index is 11.1. The summed E-state index contributed by atoms with van der Waals surface area (Å²) in [6.45, 7) is 1.93. The Balaban J connectivity index is 0.00000225. The number of aryl methyl sites for hydroxylation is 1. The molecule has 0 aliphatic heterocycles. The molecule has 2 N–H and O–H groups in total. The molecule has 0 bridgehead atoms. The molecule has 2 aromatic heterocycles. The minimum atomic E-state index is -0.982. The first kappa shape index (κ1) is 19.5. The summed E-state index contributed by atoms with van der Waals surface area (Å²) in [5.74, 6) is -0.315. The van der Waals surface area contributed by atoms with Crippen LogP contribution >= 0.6 is 47.1 Å². The van der Waals surface area contributed by atoms with Crippen LogP contribution in [0.2, 0.25) is 5.02 Å². The van der Waals surface area contributed by atoms with Crippen LogP contribution in [0.1, 0.15) is 16.1 Å². The Bertz CT molecular complexity index is 903. The average molecular weight is 414 g/mol. The number of hydrogen-bond donors (Lipinski definition) is 2. The maximum Gasteiger partial charge on any atom is 0.335 e. The third-order valence-corrected chi connectivity index (χ3v) is 5.36. The number of pyridine rings is 1. The Morgan fingerprint density at radius 2 is 2.12 bits per heavy atom. The van der Waals surface area contributed by atoms with E-state index >= 15 is 0 Å². The van der Waals surface area contributed by atoms with Gasteiger partial charge >= 0.3 is 5.97 Å². The lowest BCUT2D eigenvalue weighted by Gasteiger charge is -2.07. The van der Waals surface area contributed by atoms with E-state index in [1.54, 1.807) is 18.3 Å². The van der Waals surface area contributed by atoms with Gasteiger partial charge in [0.05, 0.1) is 16.3 Å². The fraction of sp³-hybridized carbons (Fsp3) is 0.0625. The molecule has 130 valence electrons. The summed E-state index contributed by atoms with van der Waals surface area (Å²) in [7, 11) is 0. The van der Waals surface area contributed by atoms with Gasteiger partial charge in [0, 0.05) is 21.4 Å². The first-order chi connectivity index (χ1) is 11.5. The minimum absolute atomic E-state index is 0. The Labute approximate surface area is 163 Å². The highest BCUT2D eigenvalue weighted by molar-refractivity contribution is 7.99. The first-order valence-corrected chi connectivity index (χ1v) is 8.94. The summed E-state index contributed by atoms with van der Waals surface area (Å²) < 4.78 is 0. The van der Waals surface area contributed by atoms with E-state index in [1.165, 1.54) is 29.2 Å². The molecular formula is C16H13Cl2N3O2S2. The van der Waals surface area contributed by atoms with Crippen molar-refractivity contribution in [2.75, 3.05) is 5.32 Å². The molecule has 0 fully saturated rings. The average Bonchev–Trinajstić information content (AvgIpc) is 2.94. The number of nitrogens with zero attached hydrogens (tertiary/aromatic N) is 2. The number of aromatic nitrogens is 2. The lowest BCUT2D eigenvalue weighted by Crippen LogP contribution is -1.96. The fourth-order valence-corrected chi connectivity index (χ4v) is 3.74. The number of hydrogen-bond acceptors (Lipinski definition) is 6. The highest BCUT2D eigenvalue weighted by atomic mass is 35.5. The van der Waals surface area contributed by atoms with Crippen molar-refractivity contribution in [2.45, 2.75) is 16.7 Å². The number of carboxylic acids is 1. The van der Waals surface area contributed by atoms with Crippen LogP contribution < -0.4 is 5.32 Å². The zero-order valence-electron chi connectivity index (χ0n) is 12.9. The topological polar surface area (TPSA) is 75.1 Å². The largest absolute Gasteiger partial charge is 0.478 e. The van der Waals surface area contributed by atoms with Crippen LogP contribution in [0.3, 0.4) is 0 Å². The van der Waals surface area contributed by atoms with Crippen molar-refractivity contribution in [3.05, 3.63) is 58.2 Å². The molecule has 0 unspecified atom stereocenters. The van der Waals surface area contributed by atoms with E-state index in [9.17, 15) is 4.79 Å². The van der Waals surface area contributed by atoms with Gasteiger partial charge in [-0.15, -0.1) is 23.7 Å². The van der Waals surface area contributed by atoms with E-state index in [0.717, 1.165) is 15.7 Å². The van der Waals surface area contributed by atoms with Crippen molar-refractivity contribution in [3.63, 3.8) is 0 Å². The van der Waals surface area contributed by atoms with Crippen LogP contribution in [0.25, 0.3) is 0 Å². The Kier molecular flexibility index (Phi) is 6.66. The Morgan fingerprint density at radius 3 is 2.80 bits per heavy atom. The molecule has 2 heterocycles. The van der Waals surface area contributed by atoms with Crippen molar-refractivity contribution in [1.82, 2.24) is 9.97 Å². The summed E-state index contributed by atoms with van der Waals surface area (Å²) in [5, 5.41) is 15.5. The van der Waals surface area contributed by atoms with Gasteiger partial charge in [0.25, 0.3) is 0 Å². The van der Waals surface area contributed by atoms with E-state index in [0.29, 0.717) is 15.7 Å². The smallest absolute Gasteiger partial charge is 0.335 e. The van der Waals surface area contributed by atoms with Crippen LogP contribution in [0.5, 0.6) is 0 Å². The number of carboxylic acid groups (broad SMARTS) is 1. The fourth-order valence-electron chi connectivity index (χ4n) is 1.91. The zero-order valence-corrected chi connectivity index (χ0v) is 16.1. The number of thiazole rings is 1. The Morgan fingerprint density at radius 1 is 1.32 bits per heavy atom. The molecule has 0 radical (unpaired) electrons. The molecule has 0 aliphatic carbocycles. The Hall–Kier alpha value is -1.80. The summed E-state index contributed by atoms with van der Waals surface area (Å²) in [6.07, 6.45) is 1.68. The van der Waals surface area contributed by atoms with Crippen LogP contribution in [-0.4, -0.2) is 21.0 Å². The van der Waals surface area contributed by atoms with Crippen molar-refractivity contribution in [2.24, 2.45) is 0 Å². The summed E-state index contributed by atoms with van der Waals surface area (Å²) >= 11 is 9.06. The molecule has 3 rings (SSSR count). The number of benzene rings is 1. The molecule has 3 aromatic rings. The van der Waals surface area contributed by atoms with Crippen molar-refractivity contribution in [3.8, 4) is 0 Å². The van der Waals surface area contributed by atoms with Crippen LogP contribution in [0, 0.1) is 6.92 Å². The second-order valence-corrected chi connectivity index (χ2v) is 7.23. The van der Waals surface area contributed by atoms with Gasteiger partial charge in [0.15, 0.2) is 5.13 Å². The lowest BCUT2D eigenvalue weighted by atomic mass is 10.2. The predicted molar refractivity (Wildman–Crippen MR) is 104 cm³/mol. The summed E-state index contributed by atoms with van der Waals surface area (Å²) in [5.41, 5.74) is 1.15. The first-order valence-electron chi connectivity index (χ1n) is 6.87. The number of anilines is 2. The van der Waals surface area contributed by atoms with E-state index in [1.807, 2.05) is 24.4 Å². The van der Waals surface area contributed by atoms with Gasteiger partial charge < -0.3 is 10.4 Å². The minimum Gasteiger partial charge on any atom is -0.478 e. The highest BCUT2D eigenvalue weighted by Crippen LogP contribution is 2.35. The molecule has 9 heteroatoms. The van der Waals surface area contributed by atoms with Gasteiger partial charge in [0.1, 0.15) is 5.82 Å². The molecule has 5 nitrogen and oxygen atoms in total. The SMILES string of the molecule is Cc1csc(Nc2cc(Sc3cc(C(=O)O)ccc3Cl)ccn2)n1.Cl. The zero-order chi connectivity index (χ0) is 17.1. The van der Waals surface area contributed by atoms with Crippen molar-refractivity contribution in [1.29, 1.82) is 0 Å².